The second-order valence-corrected chi connectivity index (χ2v) is 7.95. The van der Waals surface area contributed by atoms with Crippen molar-refractivity contribution in [3.8, 4) is 0 Å². The number of carboxylic acids is 1. The smallest absolute Gasteiger partial charge is 0.306 e. The zero-order valence-electron chi connectivity index (χ0n) is 15.8. The minimum atomic E-state index is -0.795. The lowest BCUT2D eigenvalue weighted by Crippen LogP contribution is -2.45. The predicted molar refractivity (Wildman–Crippen MR) is 102 cm³/mol. The van der Waals surface area contributed by atoms with Gasteiger partial charge in [-0.2, -0.15) is 0 Å². The number of carboxylic acid groups (broad SMARTS) is 1. The van der Waals surface area contributed by atoms with Crippen LogP contribution in [0.2, 0.25) is 0 Å². The molecule has 0 aliphatic carbocycles. The summed E-state index contributed by atoms with van der Waals surface area (Å²) < 4.78 is 0. The Balaban J connectivity index is 1.94. The summed E-state index contributed by atoms with van der Waals surface area (Å²) in [5.41, 5.74) is 1.22. The Morgan fingerprint density at radius 3 is 2.46 bits per heavy atom. The van der Waals surface area contributed by atoms with Gasteiger partial charge in [0.15, 0.2) is 0 Å². The number of likely N-dealkylation sites (N-methyl/N-ethyl adjacent to an activating group) is 1. The molecule has 2 rings (SSSR count). The average molecular weight is 381 g/mol. The van der Waals surface area contributed by atoms with E-state index in [2.05, 4.69) is 13.8 Å². The molecule has 26 heavy (non-hydrogen) atoms. The highest BCUT2D eigenvalue weighted by molar-refractivity contribution is 7.14. The minimum absolute atomic E-state index is 0.0268. The quantitative estimate of drug-likeness (QED) is 0.789. The summed E-state index contributed by atoms with van der Waals surface area (Å²) in [4.78, 5) is 41.2. The zero-order chi connectivity index (χ0) is 19.3. The van der Waals surface area contributed by atoms with Crippen molar-refractivity contribution < 1.29 is 19.5 Å². The van der Waals surface area contributed by atoms with Crippen LogP contribution in [0.1, 0.15) is 53.2 Å². The van der Waals surface area contributed by atoms with Crippen LogP contribution < -0.4 is 0 Å². The SMILES string of the molecule is CCCc1sc(C(=O)N(C)CC(=O)N2CCC(C(=O)O)CC2)cc1CC. The van der Waals surface area contributed by atoms with E-state index >= 15 is 0 Å². The first kappa shape index (κ1) is 20.4. The number of piperidine rings is 1. The fourth-order valence-electron chi connectivity index (χ4n) is 3.25. The molecule has 6 nitrogen and oxygen atoms in total. The van der Waals surface area contributed by atoms with Gasteiger partial charge in [0.25, 0.3) is 5.91 Å². The van der Waals surface area contributed by atoms with Crippen molar-refractivity contribution in [3.05, 3.63) is 21.4 Å². The third-order valence-corrected chi connectivity index (χ3v) is 6.11. The molecular weight excluding hydrogens is 352 g/mol. The number of likely N-dealkylation sites (tertiary alicyclic amines) is 1. The second kappa shape index (κ2) is 9.16. The second-order valence-electron chi connectivity index (χ2n) is 6.82. The Hall–Kier alpha value is -1.89. The van der Waals surface area contributed by atoms with Crippen molar-refractivity contribution in [2.75, 3.05) is 26.7 Å². The Morgan fingerprint density at radius 1 is 1.27 bits per heavy atom. The molecule has 2 amide bonds. The molecule has 2 heterocycles. The first-order valence-electron chi connectivity index (χ1n) is 9.24. The van der Waals surface area contributed by atoms with Gasteiger partial charge in [-0.25, -0.2) is 0 Å². The number of rotatable bonds is 7. The van der Waals surface area contributed by atoms with Crippen molar-refractivity contribution in [2.24, 2.45) is 5.92 Å². The maximum absolute atomic E-state index is 12.7. The minimum Gasteiger partial charge on any atom is -0.481 e. The average Bonchev–Trinajstić information content (AvgIpc) is 3.04. The summed E-state index contributed by atoms with van der Waals surface area (Å²) in [6.45, 7) is 5.12. The van der Waals surface area contributed by atoms with Crippen molar-refractivity contribution in [1.82, 2.24) is 9.80 Å². The Morgan fingerprint density at radius 2 is 1.92 bits per heavy atom. The molecule has 0 spiro atoms. The lowest BCUT2D eigenvalue weighted by molar-refractivity contribution is -0.145. The standard InChI is InChI=1S/C19H28N2O4S/c1-4-6-15-13(5-2)11-16(26-15)18(23)20(3)12-17(22)21-9-7-14(8-10-21)19(24)25/h11,14H,4-10,12H2,1-3H3,(H,24,25). The summed E-state index contributed by atoms with van der Waals surface area (Å²) in [6, 6.07) is 1.96. The van der Waals surface area contributed by atoms with Gasteiger partial charge in [0.2, 0.25) is 5.91 Å². The first-order valence-corrected chi connectivity index (χ1v) is 10.1. The number of carbonyl (C=O) groups excluding carboxylic acids is 2. The summed E-state index contributed by atoms with van der Waals surface area (Å²) >= 11 is 1.53. The largest absolute Gasteiger partial charge is 0.481 e. The van der Waals surface area contributed by atoms with Gasteiger partial charge in [0.05, 0.1) is 17.3 Å². The van der Waals surface area contributed by atoms with E-state index in [0.717, 1.165) is 19.3 Å². The molecule has 0 bridgehead atoms. The molecule has 144 valence electrons. The van der Waals surface area contributed by atoms with Crippen LogP contribution >= 0.6 is 11.3 Å². The first-order chi connectivity index (χ1) is 12.4. The van der Waals surface area contributed by atoms with E-state index in [1.807, 2.05) is 6.07 Å². The van der Waals surface area contributed by atoms with E-state index in [1.165, 1.54) is 26.7 Å². The highest BCUT2D eigenvalue weighted by Crippen LogP contribution is 2.26. The van der Waals surface area contributed by atoms with Crippen molar-refractivity contribution in [3.63, 3.8) is 0 Å². The lowest BCUT2D eigenvalue weighted by Gasteiger charge is -2.31. The van der Waals surface area contributed by atoms with Gasteiger partial charge in [0, 0.05) is 25.0 Å². The molecule has 0 aromatic carbocycles. The summed E-state index contributed by atoms with van der Waals surface area (Å²) in [7, 11) is 1.65. The van der Waals surface area contributed by atoms with Crippen LogP contribution in [0.3, 0.4) is 0 Å². The van der Waals surface area contributed by atoms with Crippen LogP contribution in [0.25, 0.3) is 0 Å². The van der Waals surface area contributed by atoms with Crippen molar-refractivity contribution >= 4 is 29.1 Å². The van der Waals surface area contributed by atoms with Gasteiger partial charge in [0.1, 0.15) is 0 Å². The zero-order valence-corrected chi connectivity index (χ0v) is 16.6. The lowest BCUT2D eigenvalue weighted by atomic mass is 9.97. The van der Waals surface area contributed by atoms with Crippen LogP contribution in [0.15, 0.2) is 6.07 Å². The number of aryl methyl sites for hydroxylation is 2. The van der Waals surface area contributed by atoms with Crippen LogP contribution in [-0.2, 0) is 22.4 Å². The van der Waals surface area contributed by atoms with Crippen molar-refractivity contribution in [2.45, 2.75) is 46.0 Å². The van der Waals surface area contributed by atoms with Gasteiger partial charge in [-0.1, -0.05) is 20.3 Å². The molecule has 1 aliphatic rings. The topological polar surface area (TPSA) is 77.9 Å². The van der Waals surface area contributed by atoms with Crippen LogP contribution in [0.4, 0.5) is 0 Å². The predicted octanol–water partition coefficient (Wildman–Crippen LogP) is 2.66. The summed E-state index contributed by atoms with van der Waals surface area (Å²) in [5.74, 6) is -1.41. The van der Waals surface area contributed by atoms with Crippen molar-refractivity contribution in [1.29, 1.82) is 0 Å². The molecule has 0 atom stereocenters. The number of amides is 2. The number of hydrogen-bond donors (Lipinski definition) is 1. The fourth-order valence-corrected chi connectivity index (χ4v) is 4.60. The third kappa shape index (κ3) is 4.84. The number of carbonyl (C=O) groups is 3. The molecule has 1 saturated heterocycles. The van der Waals surface area contributed by atoms with Gasteiger partial charge >= 0.3 is 5.97 Å². The van der Waals surface area contributed by atoms with Gasteiger partial charge in [-0.05, 0) is 37.3 Å². The Kier molecular flexibility index (Phi) is 7.20. The molecule has 1 aliphatic heterocycles. The molecule has 1 fully saturated rings. The van der Waals surface area contributed by atoms with Gasteiger partial charge < -0.3 is 14.9 Å². The van der Waals surface area contributed by atoms with Gasteiger partial charge in [-0.3, -0.25) is 14.4 Å². The van der Waals surface area contributed by atoms with E-state index < -0.39 is 5.97 Å². The number of thiophene rings is 1. The van der Waals surface area contributed by atoms with E-state index in [9.17, 15) is 14.4 Å². The normalized spacial score (nSPS) is 15.1. The molecular formula is C19H28N2O4S. The van der Waals surface area contributed by atoms with E-state index in [4.69, 9.17) is 5.11 Å². The molecule has 1 aromatic rings. The number of nitrogens with zero attached hydrogens (tertiary/aromatic N) is 2. The third-order valence-electron chi connectivity index (χ3n) is 4.88. The Labute approximate surface area is 158 Å². The van der Waals surface area contributed by atoms with Crippen LogP contribution in [0.5, 0.6) is 0 Å². The van der Waals surface area contributed by atoms with E-state index in [-0.39, 0.29) is 24.3 Å². The van der Waals surface area contributed by atoms with Gasteiger partial charge in [-0.15, -0.1) is 11.3 Å². The van der Waals surface area contributed by atoms with Crippen LogP contribution in [-0.4, -0.2) is 59.4 Å². The van der Waals surface area contributed by atoms with Crippen LogP contribution in [0, 0.1) is 5.92 Å². The molecule has 1 N–H and O–H groups in total. The molecule has 0 unspecified atom stereocenters. The number of hydrogen-bond acceptors (Lipinski definition) is 4. The summed E-state index contributed by atoms with van der Waals surface area (Å²) in [5, 5.41) is 9.04. The monoisotopic (exact) mass is 380 g/mol. The highest BCUT2D eigenvalue weighted by atomic mass is 32.1. The fraction of sp³-hybridized carbons (Fsp3) is 0.632. The molecule has 0 saturated carbocycles. The maximum Gasteiger partial charge on any atom is 0.306 e. The maximum atomic E-state index is 12.7. The summed E-state index contributed by atoms with van der Waals surface area (Å²) in [6.07, 6.45) is 3.87. The molecule has 0 radical (unpaired) electrons. The number of aliphatic carboxylic acids is 1. The molecule has 7 heteroatoms. The highest BCUT2D eigenvalue weighted by Gasteiger charge is 2.28. The van der Waals surface area contributed by atoms with E-state index in [0.29, 0.717) is 30.8 Å². The molecule has 1 aromatic heterocycles. The Bertz CT molecular complexity index is 662. The van der Waals surface area contributed by atoms with E-state index in [1.54, 1.807) is 11.9 Å².